The number of nitrogens with zero attached hydrogens (tertiary/aromatic N) is 1. The number of hydrogen-bond acceptors (Lipinski definition) is 5. The molecule has 1 aromatic heterocycles. The standard InChI is InChI=1S/C17H17BrClNO5S/c1-24-15-4-2-11(8-14(15)19)17(21)20(9-13-3-5-16(18)25-13)12-6-7-26(22,23)10-12/h2-5,8,12H,6-7,9-10H2,1H3/t12-/m1/s1. The molecule has 0 saturated carbocycles. The monoisotopic (exact) mass is 461 g/mol. The molecule has 0 N–H and O–H groups in total. The first-order valence-corrected chi connectivity index (χ1v) is 10.9. The average Bonchev–Trinajstić information content (AvgIpc) is 3.16. The summed E-state index contributed by atoms with van der Waals surface area (Å²) in [4.78, 5) is 14.6. The van der Waals surface area contributed by atoms with Gasteiger partial charge in [-0.1, -0.05) is 11.6 Å². The van der Waals surface area contributed by atoms with Crippen molar-refractivity contribution in [1.82, 2.24) is 4.90 Å². The van der Waals surface area contributed by atoms with E-state index >= 15 is 0 Å². The van der Waals surface area contributed by atoms with Crippen molar-refractivity contribution in [3.05, 3.63) is 51.3 Å². The van der Waals surface area contributed by atoms with Crippen LogP contribution in [-0.2, 0) is 16.4 Å². The second-order valence-corrected chi connectivity index (χ2v) is 9.46. The minimum atomic E-state index is -3.14. The zero-order valence-electron chi connectivity index (χ0n) is 13.9. The van der Waals surface area contributed by atoms with Crippen LogP contribution in [-0.4, -0.2) is 43.9 Å². The van der Waals surface area contributed by atoms with Crippen LogP contribution in [0.25, 0.3) is 0 Å². The number of hydrogen-bond donors (Lipinski definition) is 0. The lowest BCUT2D eigenvalue weighted by Gasteiger charge is -2.27. The summed E-state index contributed by atoms with van der Waals surface area (Å²) in [5.74, 6) is 0.753. The molecule has 26 heavy (non-hydrogen) atoms. The van der Waals surface area contributed by atoms with E-state index in [1.807, 2.05) is 0 Å². The molecule has 6 nitrogen and oxygen atoms in total. The van der Waals surface area contributed by atoms with Gasteiger partial charge in [-0.2, -0.15) is 0 Å². The maximum absolute atomic E-state index is 13.1. The Kier molecular flexibility index (Phi) is 5.64. The van der Waals surface area contributed by atoms with Crippen molar-refractivity contribution in [3.63, 3.8) is 0 Å². The third kappa shape index (κ3) is 4.24. The maximum atomic E-state index is 13.1. The molecule has 1 aromatic carbocycles. The van der Waals surface area contributed by atoms with Crippen molar-refractivity contribution in [1.29, 1.82) is 0 Å². The third-order valence-electron chi connectivity index (χ3n) is 4.26. The van der Waals surface area contributed by atoms with Crippen molar-refractivity contribution in [2.45, 2.75) is 19.0 Å². The quantitative estimate of drug-likeness (QED) is 0.679. The Morgan fingerprint density at radius 3 is 2.69 bits per heavy atom. The second kappa shape index (κ2) is 7.62. The Morgan fingerprint density at radius 1 is 1.38 bits per heavy atom. The lowest BCUT2D eigenvalue weighted by molar-refractivity contribution is 0.0665. The number of amides is 1. The Labute approximate surface area is 165 Å². The van der Waals surface area contributed by atoms with Crippen molar-refractivity contribution >= 4 is 43.3 Å². The zero-order chi connectivity index (χ0) is 18.9. The normalized spacial score (nSPS) is 18.7. The van der Waals surface area contributed by atoms with Crippen LogP contribution >= 0.6 is 27.5 Å². The third-order valence-corrected chi connectivity index (χ3v) is 6.74. The fraction of sp³-hybridized carbons (Fsp3) is 0.353. The summed E-state index contributed by atoms with van der Waals surface area (Å²) in [5.41, 5.74) is 0.366. The minimum absolute atomic E-state index is 0.0511. The number of carbonyl (C=O) groups is 1. The van der Waals surface area contributed by atoms with E-state index in [0.717, 1.165) is 0 Å². The summed E-state index contributed by atoms with van der Waals surface area (Å²) >= 11 is 9.36. The molecule has 1 aliphatic rings. The lowest BCUT2D eigenvalue weighted by Crippen LogP contribution is -2.40. The van der Waals surface area contributed by atoms with Gasteiger partial charge in [0.1, 0.15) is 11.5 Å². The predicted octanol–water partition coefficient (Wildman–Crippen LogP) is 3.53. The highest BCUT2D eigenvalue weighted by molar-refractivity contribution is 9.10. The van der Waals surface area contributed by atoms with Gasteiger partial charge in [-0.3, -0.25) is 4.79 Å². The van der Waals surface area contributed by atoms with Gasteiger partial charge < -0.3 is 14.1 Å². The number of furan rings is 1. The average molecular weight is 463 g/mol. The smallest absolute Gasteiger partial charge is 0.254 e. The Balaban J connectivity index is 1.91. The molecule has 0 spiro atoms. The largest absolute Gasteiger partial charge is 0.495 e. The summed E-state index contributed by atoms with van der Waals surface area (Å²) in [5, 5.41) is 0.318. The number of halogens is 2. The highest BCUT2D eigenvalue weighted by Gasteiger charge is 2.35. The number of carbonyl (C=O) groups excluding carboxylic acids is 1. The molecule has 2 aromatic rings. The molecule has 1 atom stereocenters. The van der Waals surface area contributed by atoms with Crippen molar-refractivity contribution in [3.8, 4) is 5.75 Å². The van der Waals surface area contributed by atoms with Crippen molar-refractivity contribution < 1.29 is 22.4 Å². The van der Waals surface area contributed by atoms with Gasteiger partial charge in [0.25, 0.3) is 5.91 Å². The fourth-order valence-corrected chi connectivity index (χ4v) is 5.29. The van der Waals surface area contributed by atoms with Crippen molar-refractivity contribution in [2.75, 3.05) is 18.6 Å². The second-order valence-electron chi connectivity index (χ2n) is 6.05. The van der Waals surface area contributed by atoms with Gasteiger partial charge in [-0.25, -0.2) is 8.42 Å². The molecule has 0 aliphatic carbocycles. The molecule has 1 fully saturated rings. The minimum Gasteiger partial charge on any atom is -0.495 e. The van der Waals surface area contributed by atoms with E-state index < -0.39 is 15.9 Å². The van der Waals surface area contributed by atoms with Gasteiger partial charge in [-0.05, 0) is 52.7 Å². The summed E-state index contributed by atoms with van der Waals surface area (Å²) in [7, 11) is -1.65. The highest BCUT2D eigenvalue weighted by Crippen LogP contribution is 2.28. The van der Waals surface area contributed by atoms with Gasteiger partial charge in [0, 0.05) is 11.6 Å². The summed E-state index contributed by atoms with van der Waals surface area (Å²) in [6, 6.07) is 7.82. The molecule has 3 rings (SSSR count). The van der Waals surface area contributed by atoms with Crippen LogP contribution in [0.4, 0.5) is 0 Å². The number of sulfone groups is 1. The molecule has 0 radical (unpaired) electrons. The number of rotatable bonds is 5. The van der Waals surface area contributed by atoms with Gasteiger partial charge >= 0.3 is 0 Å². The number of methoxy groups -OCH3 is 1. The van der Waals surface area contributed by atoms with Crippen LogP contribution in [0.3, 0.4) is 0 Å². The molecule has 1 amide bonds. The van der Waals surface area contributed by atoms with E-state index in [1.165, 1.54) is 18.1 Å². The highest BCUT2D eigenvalue weighted by atomic mass is 79.9. The van der Waals surface area contributed by atoms with Gasteiger partial charge in [0.15, 0.2) is 14.5 Å². The molecule has 9 heteroatoms. The lowest BCUT2D eigenvalue weighted by atomic mass is 10.1. The van der Waals surface area contributed by atoms with Crippen LogP contribution in [0.1, 0.15) is 22.5 Å². The molecule has 0 bridgehead atoms. The van der Waals surface area contributed by atoms with E-state index in [1.54, 1.807) is 24.3 Å². The molecule has 2 heterocycles. The first-order valence-electron chi connectivity index (χ1n) is 7.88. The molecule has 1 aliphatic heterocycles. The number of ether oxygens (including phenoxy) is 1. The van der Waals surface area contributed by atoms with E-state index in [-0.39, 0.29) is 24.0 Å². The van der Waals surface area contributed by atoms with E-state index in [9.17, 15) is 13.2 Å². The van der Waals surface area contributed by atoms with Crippen LogP contribution in [0.2, 0.25) is 5.02 Å². The van der Waals surface area contributed by atoms with Crippen molar-refractivity contribution in [2.24, 2.45) is 0 Å². The molecule has 140 valence electrons. The summed E-state index contributed by atoms with van der Waals surface area (Å²) in [6.45, 7) is 0.175. The van der Waals surface area contributed by atoms with Crippen LogP contribution < -0.4 is 4.74 Å². The van der Waals surface area contributed by atoms with E-state index in [0.29, 0.717) is 33.2 Å². The summed E-state index contributed by atoms with van der Waals surface area (Å²) in [6.07, 6.45) is 0.403. The van der Waals surface area contributed by atoms with Gasteiger partial charge in [-0.15, -0.1) is 0 Å². The Hall–Kier alpha value is -1.51. The fourth-order valence-electron chi connectivity index (χ4n) is 2.96. The molecule has 0 unspecified atom stereocenters. The van der Waals surface area contributed by atoms with E-state index in [2.05, 4.69) is 15.9 Å². The topological polar surface area (TPSA) is 76.8 Å². The summed E-state index contributed by atoms with van der Waals surface area (Å²) < 4.78 is 34.9. The Bertz CT molecular complexity index is 927. The number of benzene rings is 1. The maximum Gasteiger partial charge on any atom is 0.254 e. The van der Waals surface area contributed by atoms with Crippen LogP contribution in [0.5, 0.6) is 5.75 Å². The van der Waals surface area contributed by atoms with Crippen LogP contribution in [0.15, 0.2) is 39.4 Å². The van der Waals surface area contributed by atoms with Crippen LogP contribution in [0, 0.1) is 0 Å². The first-order chi connectivity index (χ1) is 12.3. The first kappa shape index (κ1) is 19.3. The SMILES string of the molecule is COc1ccc(C(=O)N(Cc2ccc(Br)o2)[C@@H]2CCS(=O)(=O)C2)cc1Cl. The molecular formula is C17H17BrClNO5S. The molecule has 1 saturated heterocycles. The Morgan fingerprint density at radius 2 is 2.15 bits per heavy atom. The van der Waals surface area contributed by atoms with E-state index in [4.69, 9.17) is 20.8 Å². The van der Waals surface area contributed by atoms with Gasteiger partial charge in [0.05, 0.1) is 30.2 Å². The molecular weight excluding hydrogens is 446 g/mol. The predicted molar refractivity (Wildman–Crippen MR) is 101 cm³/mol. The van der Waals surface area contributed by atoms with Gasteiger partial charge in [0.2, 0.25) is 0 Å². The zero-order valence-corrected chi connectivity index (χ0v) is 17.1.